The van der Waals surface area contributed by atoms with Crippen molar-refractivity contribution in [2.45, 2.75) is 25.3 Å². The van der Waals surface area contributed by atoms with Crippen molar-refractivity contribution in [1.82, 2.24) is 4.98 Å². The molecule has 20 heavy (non-hydrogen) atoms. The maximum Gasteiger partial charge on any atom is 0.326 e. The van der Waals surface area contributed by atoms with Gasteiger partial charge in [0.1, 0.15) is 6.04 Å². The van der Waals surface area contributed by atoms with Gasteiger partial charge >= 0.3 is 5.97 Å². The second kappa shape index (κ2) is 5.29. The van der Waals surface area contributed by atoms with Crippen LogP contribution >= 0.6 is 11.6 Å². The average molecular weight is 291 g/mol. The molecule has 1 atom stereocenters. The number of anilines is 1. The van der Waals surface area contributed by atoms with Crippen LogP contribution in [0.5, 0.6) is 0 Å². The summed E-state index contributed by atoms with van der Waals surface area (Å²) in [5.74, 6) is -0.767. The minimum atomic E-state index is -0.767. The SMILES string of the molecule is O=C(O)C1CCCCN1c1ccnc2ccc(Cl)cc12. The molecule has 1 N–H and O–H groups in total. The number of fused-ring (bicyclic) bond motifs is 1. The van der Waals surface area contributed by atoms with Crippen LogP contribution in [0, 0.1) is 0 Å². The molecule has 1 aliphatic rings. The molecule has 5 heteroatoms. The van der Waals surface area contributed by atoms with Crippen molar-refractivity contribution in [2.24, 2.45) is 0 Å². The number of rotatable bonds is 2. The monoisotopic (exact) mass is 290 g/mol. The summed E-state index contributed by atoms with van der Waals surface area (Å²) in [5.41, 5.74) is 1.74. The first-order valence-corrected chi connectivity index (χ1v) is 7.08. The Labute approximate surface area is 122 Å². The van der Waals surface area contributed by atoms with Gasteiger partial charge < -0.3 is 10.0 Å². The van der Waals surface area contributed by atoms with E-state index in [4.69, 9.17) is 11.6 Å². The molecule has 104 valence electrons. The molecular weight excluding hydrogens is 276 g/mol. The average Bonchev–Trinajstić information content (AvgIpc) is 2.46. The fourth-order valence-electron chi connectivity index (χ4n) is 2.83. The highest BCUT2D eigenvalue weighted by Crippen LogP contribution is 2.32. The standard InChI is InChI=1S/C15H15ClN2O2/c16-10-4-5-12-11(9-10)13(6-7-17-12)18-8-2-1-3-14(18)15(19)20/h4-7,9,14H,1-3,8H2,(H,19,20). The van der Waals surface area contributed by atoms with Crippen molar-refractivity contribution >= 4 is 34.2 Å². The Bertz CT molecular complexity index is 659. The van der Waals surface area contributed by atoms with Crippen LogP contribution in [0.3, 0.4) is 0 Å². The predicted octanol–water partition coefficient (Wildman–Crippen LogP) is 3.33. The van der Waals surface area contributed by atoms with Gasteiger partial charge in [0.05, 0.1) is 5.52 Å². The largest absolute Gasteiger partial charge is 0.480 e. The van der Waals surface area contributed by atoms with Crippen molar-refractivity contribution in [3.05, 3.63) is 35.5 Å². The van der Waals surface area contributed by atoms with Crippen LogP contribution in [0.1, 0.15) is 19.3 Å². The number of carboxylic acid groups (broad SMARTS) is 1. The van der Waals surface area contributed by atoms with Crippen molar-refractivity contribution < 1.29 is 9.90 Å². The van der Waals surface area contributed by atoms with Gasteiger partial charge in [0.25, 0.3) is 0 Å². The van der Waals surface area contributed by atoms with E-state index >= 15 is 0 Å². The van der Waals surface area contributed by atoms with E-state index in [9.17, 15) is 9.90 Å². The summed E-state index contributed by atoms with van der Waals surface area (Å²) in [6.45, 7) is 0.753. The number of aromatic nitrogens is 1. The number of carboxylic acids is 1. The smallest absolute Gasteiger partial charge is 0.326 e. The van der Waals surface area contributed by atoms with Gasteiger partial charge in [0, 0.05) is 28.8 Å². The number of halogens is 1. The lowest BCUT2D eigenvalue weighted by Crippen LogP contribution is -2.44. The molecule has 0 radical (unpaired) electrons. The number of benzene rings is 1. The van der Waals surface area contributed by atoms with Gasteiger partial charge in [-0.15, -0.1) is 0 Å². The molecule has 1 saturated heterocycles. The zero-order valence-electron chi connectivity index (χ0n) is 10.9. The van der Waals surface area contributed by atoms with Gasteiger partial charge in [0.2, 0.25) is 0 Å². The molecule has 0 spiro atoms. The van der Waals surface area contributed by atoms with Gasteiger partial charge in [-0.2, -0.15) is 0 Å². The van der Waals surface area contributed by atoms with Crippen LogP contribution in [-0.4, -0.2) is 28.6 Å². The van der Waals surface area contributed by atoms with Crippen LogP contribution in [0.25, 0.3) is 10.9 Å². The van der Waals surface area contributed by atoms with E-state index in [1.807, 2.05) is 23.1 Å². The minimum absolute atomic E-state index is 0.465. The quantitative estimate of drug-likeness (QED) is 0.922. The van der Waals surface area contributed by atoms with Crippen LogP contribution < -0.4 is 4.90 Å². The lowest BCUT2D eigenvalue weighted by Gasteiger charge is -2.35. The third-order valence-electron chi connectivity index (χ3n) is 3.78. The van der Waals surface area contributed by atoms with Crippen LogP contribution in [0.15, 0.2) is 30.5 Å². The Morgan fingerprint density at radius 3 is 3.00 bits per heavy atom. The number of hydrogen-bond acceptors (Lipinski definition) is 3. The highest BCUT2D eigenvalue weighted by Gasteiger charge is 2.29. The van der Waals surface area contributed by atoms with Gasteiger partial charge in [-0.3, -0.25) is 4.98 Å². The third kappa shape index (κ3) is 2.31. The Morgan fingerprint density at radius 2 is 2.20 bits per heavy atom. The van der Waals surface area contributed by atoms with E-state index in [0.29, 0.717) is 11.4 Å². The van der Waals surface area contributed by atoms with E-state index in [-0.39, 0.29) is 0 Å². The first kappa shape index (κ1) is 13.2. The normalized spacial score (nSPS) is 19.2. The van der Waals surface area contributed by atoms with E-state index in [2.05, 4.69) is 4.98 Å². The van der Waals surface area contributed by atoms with Gasteiger partial charge in [-0.25, -0.2) is 4.79 Å². The first-order valence-electron chi connectivity index (χ1n) is 6.70. The van der Waals surface area contributed by atoms with E-state index < -0.39 is 12.0 Å². The van der Waals surface area contributed by atoms with Crippen molar-refractivity contribution in [1.29, 1.82) is 0 Å². The molecule has 4 nitrogen and oxygen atoms in total. The fourth-order valence-corrected chi connectivity index (χ4v) is 3.00. The zero-order valence-corrected chi connectivity index (χ0v) is 11.7. The maximum atomic E-state index is 11.5. The molecule has 1 fully saturated rings. The molecule has 0 saturated carbocycles. The predicted molar refractivity (Wildman–Crippen MR) is 79.4 cm³/mol. The second-order valence-corrected chi connectivity index (χ2v) is 5.47. The van der Waals surface area contributed by atoms with Crippen molar-refractivity contribution in [3.8, 4) is 0 Å². The number of carbonyl (C=O) groups is 1. The molecule has 0 aliphatic carbocycles. The van der Waals surface area contributed by atoms with Gasteiger partial charge in [0.15, 0.2) is 0 Å². The Balaban J connectivity index is 2.12. The number of hydrogen-bond donors (Lipinski definition) is 1. The molecular formula is C15H15ClN2O2. The highest BCUT2D eigenvalue weighted by atomic mass is 35.5. The zero-order chi connectivity index (χ0) is 14.1. The van der Waals surface area contributed by atoms with Crippen LogP contribution in [0.2, 0.25) is 5.02 Å². The van der Waals surface area contributed by atoms with Gasteiger partial charge in [-0.05, 0) is 43.5 Å². The third-order valence-corrected chi connectivity index (χ3v) is 4.01. The summed E-state index contributed by atoms with van der Waals surface area (Å²) >= 11 is 6.07. The molecule has 1 aromatic carbocycles. The molecule has 1 aromatic heterocycles. The fraction of sp³-hybridized carbons (Fsp3) is 0.333. The lowest BCUT2D eigenvalue weighted by atomic mass is 10.0. The molecule has 1 aliphatic heterocycles. The number of nitrogens with zero attached hydrogens (tertiary/aromatic N) is 2. The summed E-state index contributed by atoms with van der Waals surface area (Å²) in [7, 11) is 0. The Kier molecular flexibility index (Phi) is 3.49. The summed E-state index contributed by atoms with van der Waals surface area (Å²) in [6, 6.07) is 6.92. The van der Waals surface area contributed by atoms with E-state index in [1.54, 1.807) is 12.3 Å². The maximum absolute atomic E-state index is 11.5. The first-order chi connectivity index (χ1) is 9.66. The molecule has 0 bridgehead atoms. The number of piperidine rings is 1. The van der Waals surface area contributed by atoms with Crippen molar-refractivity contribution in [3.63, 3.8) is 0 Å². The molecule has 1 unspecified atom stereocenters. The minimum Gasteiger partial charge on any atom is -0.480 e. The number of aliphatic carboxylic acids is 1. The van der Waals surface area contributed by atoms with Crippen molar-refractivity contribution in [2.75, 3.05) is 11.4 Å². The second-order valence-electron chi connectivity index (χ2n) is 5.03. The molecule has 3 rings (SSSR count). The topological polar surface area (TPSA) is 53.4 Å². The summed E-state index contributed by atoms with van der Waals surface area (Å²) in [4.78, 5) is 17.7. The lowest BCUT2D eigenvalue weighted by molar-refractivity contribution is -0.139. The highest BCUT2D eigenvalue weighted by molar-refractivity contribution is 6.31. The van der Waals surface area contributed by atoms with E-state index in [1.165, 1.54) is 0 Å². The molecule has 0 amide bonds. The summed E-state index contributed by atoms with van der Waals surface area (Å²) in [6.07, 6.45) is 4.37. The van der Waals surface area contributed by atoms with Crippen LogP contribution in [-0.2, 0) is 4.79 Å². The van der Waals surface area contributed by atoms with E-state index in [0.717, 1.165) is 36.0 Å². The summed E-state index contributed by atoms with van der Waals surface area (Å²) < 4.78 is 0. The molecule has 2 aromatic rings. The molecule has 2 heterocycles. The Morgan fingerprint density at radius 1 is 1.35 bits per heavy atom. The number of pyridine rings is 1. The summed E-state index contributed by atoms with van der Waals surface area (Å²) in [5, 5.41) is 11.0. The van der Waals surface area contributed by atoms with Gasteiger partial charge in [-0.1, -0.05) is 11.6 Å². The Hall–Kier alpha value is -1.81. The van der Waals surface area contributed by atoms with Crippen LogP contribution in [0.4, 0.5) is 5.69 Å².